The maximum atomic E-state index is 13.2. The number of nitrogen functional groups attached to an aromatic ring is 1. The summed E-state index contributed by atoms with van der Waals surface area (Å²) in [6, 6.07) is 22.1. The molecule has 3 aromatic rings. The fraction of sp³-hybridized carbons (Fsp3) is 0.120. The molecule has 0 spiro atoms. The first-order valence-corrected chi connectivity index (χ1v) is 10.3. The van der Waals surface area contributed by atoms with Crippen LogP contribution in [-0.4, -0.2) is 29.6 Å². The molecule has 33 heavy (non-hydrogen) atoms. The molecule has 0 aliphatic carbocycles. The van der Waals surface area contributed by atoms with Crippen LogP contribution in [0.3, 0.4) is 0 Å². The third-order valence-electron chi connectivity index (χ3n) is 5.05. The molecule has 3 aromatic carbocycles. The van der Waals surface area contributed by atoms with Crippen molar-refractivity contribution in [3.8, 4) is 0 Å². The van der Waals surface area contributed by atoms with E-state index in [1.165, 1.54) is 6.07 Å². The van der Waals surface area contributed by atoms with Crippen molar-refractivity contribution >= 4 is 23.6 Å². The number of hydrogen-bond donors (Lipinski definition) is 5. The Bertz CT molecular complexity index is 1150. The molecule has 0 saturated heterocycles. The van der Waals surface area contributed by atoms with E-state index in [2.05, 4.69) is 10.6 Å². The van der Waals surface area contributed by atoms with Gasteiger partial charge in [-0.25, -0.2) is 0 Å². The first kappa shape index (κ1) is 23.2. The Hall–Kier alpha value is -4.46. The number of nitrogens with two attached hydrogens (primary N) is 2. The van der Waals surface area contributed by atoms with Crippen molar-refractivity contribution in [3.05, 3.63) is 107 Å². The van der Waals surface area contributed by atoms with Crippen LogP contribution in [0.15, 0.2) is 84.9 Å². The zero-order valence-electron chi connectivity index (χ0n) is 17.8. The number of carbonyl (C=O) groups is 3. The molecule has 0 aliphatic rings. The molecule has 0 saturated carbocycles. The van der Waals surface area contributed by atoms with Crippen LogP contribution in [0.5, 0.6) is 0 Å². The molecule has 0 unspecified atom stereocenters. The molecule has 0 radical (unpaired) electrons. The third-order valence-corrected chi connectivity index (χ3v) is 5.05. The predicted octanol–water partition coefficient (Wildman–Crippen LogP) is 1.65. The molecule has 0 bridgehead atoms. The van der Waals surface area contributed by atoms with Gasteiger partial charge in [0.05, 0.1) is 0 Å². The topological polar surface area (TPSA) is 151 Å². The van der Waals surface area contributed by atoms with Gasteiger partial charge in [0.15, 0.2) is 0 Å². The van der Waals surface area contributed by atoms with E-state index in [0.29, 0.717) is 11.1 Å². The van der Waals surface area contributed by atoms with Gasteiger partial charge in [-0.15, -0.1) is 0 Å². The van der Waals surface area contributed by atoms with E-state index in [1.807, 2.05) is 30.3 Å². The summed E-state index contributed by atoms with van der Waals surface area (Å²) in [7, 11) is 0. The summed E-state index contributed by atoms with van der Waals surface area (Å²) < 4.78 is 0. The summed E-state index contributed by atoms with van der Waals surface area (Å²) in [6.07, 6.45) is 0.220. The Balaban J connectivity index is 1.83. The van der Waals surface area contributed by atoms with Gasteiger partial charge in [0.1, 0.15) is 17.9 Å². The molecule has 7 N–H and O–H groups in total. The van der Waals surface area contributed by atoms with Crippen molar-refractivity contribution in [1.29, 1.82) is 5.41 Å². The SMILES string of the molecule is N=C(N)c1cccc(C(=O)N[C@@H](C(=O)N[C@@H](Cc2ccccc2)C(N)=O)c2ccccc2)c1. The van der Waals surface area contributed by atoms with Gasteiger partial charge in [-0.2, -0.15) is 0 Å². The molecule has 3 rings (SSSR count). The minimum Gasteiger partial charge on any atom is -0.384 e. The Kier molecular flexibility index (Phi) is 7.54. The molecule has 0 aromatic heterocycles. The van der Waals surface area contributed by atoms with E-state index in [0.717, 1.165) is 5.56 Å². The fourth-order valence-corrected chi connectivity index (χ4v) is 3.32. The Labute approximate surface area is 191 Å². The van der Waals surface area contributed by atoms with Crippen LogP contribution in [0.2, 0.25) is 0 Å². The second-order valence-corrected chi connectivity index (χ2v) is 7.46. The van der Waals surface area contributed by atoms with E-state index < -0.39 is 29.8 Å². The number of amides is 3. The highest BCUT2D eigenvalue weighted by Gasteiger charge is 2.27. The molecule has 168 valence electrons. The van der Waals surface area contributed by atoms with Crippen molar-refractivity contribution in [1.82, 2.24) is 10.6 Å². The standard InChI is InChI=1S/C25H25N5O3/c26-22(27)18-12-7-13-19(15-18)24(32)30-21(17-10-5-2-6-11-17)25(33)29-20(23(28)31)14-16-8-3-1-4-9-16/h1-13,15,20-21H,14H2,(H3,26,27)(H2,28,31)(H,29,33)(H,30,32)/t20-,21+/m0/s1. The molecule has 8 nitrogen and oxygen atoms in total. The average Bonchev–Trinajstić information content (AvgIpc) is 2.83. The first-order chi connectivity index (χ1) is 15.8. The smallest absolute Gasteiger partial charge is 0.252 e. The minimum atomic E-state index is -1.07. The second kappa shape index (κ2) is 10.7. The van der Waals surface area contributed by atoms with Crippen molar-refractivity contribution in [2.24, 2.45) is 11.5 Å². The normalized spacial score (nSPS) is 12.2. The molecular weight excluding hydrogens is 418 g/mol. The lowest BCUT2D eigenvalue weighted by Crippen LogP contribution is -2.50. The van der Waals surface area contributed by atoms with Gasteiger partial charge in [-0.1, -0.05) is 72.8 Å². The molecule has 3 amide bonds. The largest absolute Gasteiger partial charge is 0.384 e. The van der Waals surface area contributed by atoms with Crippen molar-refractivity contribution in [3.63, 3.8) is 0 Å². The van der Waals surface area contributed by atoms with Crippen molar-refractivity contribution in [2.75, 3.05) is 0 Å². The lowest BCUT2D eigenvalue weighted by atomic mass is 10.0. The van der Waals surface area contributed by atoms with Gasteiger partial charge in [0, 0.05) is 17.5 Å². The number of hydrogen-bond acceptors (Lipinski definition) is 4. The lowest BCUT2D eigenvalue weighted by Gasteiger charge is -2.22. The van der Waals surface area contributed by atoms with Gasteiger partial charge >= 0.3 is 0 Å². The summed E-state index contributed by atoms with van der Waals surface area (Å²) >= 11 is 0. The van der Waals surface area contributed by atoms with Gasteiger partial charge in [-0.3, -0.25) is 19.8 Å². The Morgan fingerprint density at radius 3 is 2.00 bits per heavy atom. The van der Waals surface area contributed by atoms with Crippen molar-refractivity contribution < 1.29 is 14.4 Å². The molecule has 8 heteroatoms. The number of rotatable bonds is 9. The number of benzene rings is 3. The maximum absolute atomic E-state index is 13.2. The lowest BCUT2D eigenvalue weighted by molar-refractivity contribution is -0.128. The van der Waals surface area contributed by atoms with Crippen LogP contribution in [0.4, 0.5) is 0 Å². The monoisotopic (exact) mass is 443 g/mol. The highest BCUT2D eigenvalue weighted by atomic mass is 16.2. The average molecular weight is 444 g/mol. The predicted molar refractivity (Wildman–Crippen MR) is 125 cm³/mol. The highest BCUT2D eigenvalue weighted by molar-refractivity contribution is 6.01. The second-order valence-electron chi connectivity index (χ2n) is 7.46. The fourth-order valence-electron chi connectivity index (χ4n) is 3.32. The molecule has 0 heterocycles. The van der Waals surface area contributed by atoms with Crippen LogP contribution < -0.4 is 22.1 Å². The van der Waals surface area contributed by atoms with Crippen LogP contribution in [0.1, 0.15) is 33.1 Å². The Morgan fingerprint density at radius 1 is 0.788 bits per heavy atom. The zero-order valence-corrected chi connectivity index (χ0v) is 17.8. The minimum absolute atomic E-state index is 0.174. The highest BCUT2D eigenvalue weighted by Crippen LogP contribution is 2.16. The van der Waals surface area contributed by atoms with E-state index in [1.54, 1.807) is 48.5 Å². The maximum Gasteiger partial charge on any atom is 0.252 e. The first-order valence-electron chi connectivity index (χ1n) is 10.3. The van der Waals surface area contributed by atoms with Gasteiger partial charge in [-0.05, 0) is 23.3 Å². The number of amidine groups is 1. The zero-order chi connectivity index (χ0) is 23.8. The van der Waals surface area contributed by atoms with Gasteiger partial charge in [0.25, 0.3) is 5.91 Å². The molecular formula is C25H25N5O3. The number of primary amides is 1. The van der Waals surface area contributed by atoms with Crippen LogP contribution in [0, 0.1) is 5.41 Å². The van der Waals surface area contributed by atoms with E-state index in [4.69, 9.17) is 16.9 Å². The van der Waals surface area contributed by atoms with E-state index in [-0.39, 0.29) is 17.8 Å². The summed E-state index contributed by atoms with van der Waals surface area (Å²) in [6.45, 7) is 0. The van der Waals surface area contributed by atoms with Crippen molar-refractivity contribution in [2.45, 2.75) is 18.5 Å². The van der Waals surface area contributed by atoms with Crippen LogP contribution in [0.25, 0.3) is 0 Å². The quantitative estimate of drug-likeness (QED) is 0.252. The molecule has 2 atom stereocenters. The van der Waals surface area contributed by atoms with Gasteiger partial charge in [0.2, 0.25) is 11.8 Å². The number of carbonyl (C=O) groups excluding carboxylic acids is 3. The van der Waals surface area contributed by atoms with Crippen LogP contribution in [-0.2, 0) is 16.0 Å². The summed E-state index contributed by atoms with van der Waals surface area (Å²) in [5.74, 6) is -1.95. The molecule has 0 aliphatic heterocycles. The third kappa shape index (κ3) is 6.27. The van der Waals surface area contributed by atoms with Crippen LogP contribution >= 0.6 is 0 Å². The molecule has 0 fully saturated rings. The van der Waals surface area contributed by atoms with Gasteiger partial charge < -0.3 is 22.1 Å². The summed E-state index contributed by atoms with van der Waals surface area (Å²) in [5.41, 5.74) is 13.1. The van der Waals surface area contributed by atoms with E-state index >= 15 is 0 Å². The Morgan fingerprint density at radius 2 is 1.39 bits per heavy atom. The summed E-state index contributed by atoms with van der Waals surface area (Å²) in [5, 5.41) is 12.9. The number of nitrogens with one attached hydrogen (secondary N) is 3. The van der Waals surface area contributed by atoms with E-state index in [9.17, 15) is 14.4 Å². The summed E-state index contributed by atoms with van der Waals surface area (Å²) in [4.78, 5) is 38.2.